The Labute approximate surface area is 95.5 Å². The maximum Gasteiger partial charge on any atom is 0.141 e. The van der Waals surface area contributed by atoms with E-state index in [-0.39, 0.29) is 0 Å². The summed E-state index contributed by atoms with van der Waals surface area (Å²) in [5.74, 6) is 0.870. The average Bonchev–Trinajstić information content (AvgIpc) is 2.58. The minimum absolute atomic E-state index is 0.870. The second kappa shape index (κ2) is 4.00. The van der Waals surface area contributed by atoms with E-state index in [1.807, 2.05) is 20.9 Å². The van der Waals surface area contributed by atoms with E-state index in [1.54, 1.807) is 0 Å². The van der Waals surface area contributed by atoms with Crippen molar-refractivity contribution in [2.24, 2.45) is 0 Å². The molecule has 0 saturated heterocycles. The third kappa shape index (κ3) is 1.69. The second-order valence-corrected chi connectivity index (χ2v) is 3.98. The second-order valence-electron chi connectivity index (χ2n) is 3.98. The molecule has 1 heterocycles. The molecular weight excluding hydrogens is 200 g/mol. The Morgan fingerprint density at radius 3 is 2.44 bits per heavy atom. The van der Waals surface area contributed by atoms with Crippen LogP contribution in [-0.4, -0.2) is 12.2 Å². The summed E-state index contributed by atoms with van der Waals surface area (Å²) in [5, 5.41) is 7.13. The molecular formula is C13H16N2O. The van der Waals surface area contributed by atoms with Gasteiger partial charge in [0.05, 0.1) is 5.69 Å². The van der Waals surface area contributed by atoms with Crippen LogP contribution in [0.25, 0.3) is 11.1 Å². The molecule has 0 radical (unpaired) electrons. The Hall–Kier alpha value is -1.77. The quantitative estimate of drug-likeness (QED) is 0.837. The van der Waals surface area contributed by atoms with Crippen molar-refractivity contribution in [1.82, 2.24) is 5.16 Å². The van der Waals surface area contributed by atoms with E-state index in [4.69, 9.17) is 4.52 Å². The summed E-state index contributed by atoms with van der Waals surface area (Å²) in [4.78, 5) is 0. The minimum atomic E-state index is 0.870. The zero-order valence-electron chi connectivity index (χ0n) is 10.1. The van der Waals surface area contributed by atoms with Gasteiger partial charge in [0.1, 0.15) is 5.76 Å². The van der Waals surface area contributed by atoms with Gasteiger partial charge in [0.25, 0.3) is 0 Å². The SMILES string of the molecule is CNc1ccc(-c2c(C)noc2C)cc1C. The van der Waals surface area contributed by atoms with E-state index in [0.717, 1.165) is 28.3 Å². The van der Waals surface area contributed by atoms with E-state index in [2.05, 4.69) is 35.6 Å². The number of anilines is 1. The lowest BCUT2D eigenvalue weighted by Gasteiger charge is -2.07. The number of aryl methyl sites for hydroxylation is 3. The standard InChI is InChI=1S/C13H16N2O/c1-8-7-11(5-6-12(8)14-4)13-9(2)15-16-10(13)3/h5-7,14H,1-4H3. The van der Waals surface area contributed by atoms with Crippen LogP contribution >= 0.6 is 0 Å². The first-order chi connectivity index (χ1) is 7.63. The highest BCUT2D eigenvalue weighted by Gasteiger charge is 2.11. The summed E-state index contributed by atoms with van der Waals surface area (Å²) in [7, 11) is 1.93. The molecule has 0 saturated carbocycles. The maximum atomic E-state index is 5.18. The van der Waals surface area contributed by atoms with Gasteiger partial charge >= 0.3 is 0 Å². The van der Waals surface area contributed by atoms with Gasteiger partial charge < -0.3 is 9.84 Å². The molecule has 0 spiro atoms. The Bertz CT molecular complexity index is 495. The van der Waals surface area contributed by atoms with Crippen molar-refractivity contribution in [2.75, 3.05) is 12.4 Å². The predicted octanol–water partition coefficient (Wildman–Crippen LogP) is 3.31. The van der Waals surface area contributed by atoms with Gasteiger partial charge in [-0.2, -0.15) is 0 Å². The molecule has 3 heteroatoms. The van der Waals surface area contributed by atoms with Crippen LogP contribution in [0.5, 0.6) is 0 Å². The fourth-order valence-corrected chi connectivity index (χ4v) is 1.99. The number of nitrogens with one attached hydrogen (secondary N) is 1. The molecule has 2 aromatic rings. The highest BCUT2D eigenvalue weighted by Crippen LogP contribution is 2.29. The molecule has 1 N–H and O–H groups in total. The average molecular weight is 216 g/mol. The third-order valence-electron chi connectivity index (χ3n) is 2.82. The van der Waals surface area contributed by atoms with Gasteiger partial charge in [0.2, 0.25) is 0 Å². The number of rotatable bonds is 2. The predicted molar refractivity (Wildman–Crippen MR) is 65.7 cm³/mol. The van der Waals surface area contributed by atoms with Crippen molar-refractivity contribution in [2.45, 2.75) is 20.8 Å². The zero-order valence-corrected chi connectivity index (χ0v) is 10.1. The Kier molecular flexibility index (Phi) is 2.69. The summed E-state index contributed by atoms with van der Waals surface area (Å²) in [6.07, 6.45) is 0. The molecule has 16 heavy (non-hydrogen) atoms. The van der Waals surface area contributed by atoms with Crippen LogP contribution in [-0.2, 0) is 0 Å². The molecule has 0 bridgehead atoms. The van der Waals surface area contributed by atoms with E-state index in [1.165, 1.54) is 5.56 Å². The highest BCUT2D eigenvalue weighted by atomic mass is 16.5. The van der Waals surface area contributed by atoms with Crippen molar-refractivity contribution in [3.05, 3.63) is 35.2 Å². The molecule has 0 unspecified atom stereocenters. The van der Waals surface area contributed by atoms with Crippen molar-refractivity contribution in [3.8, 4) is 11.1 Å². The molecule has 0 aliphatic carbocycles. The number of aromatic nitrogens is 1. The lowest BCUT2D eigenvalue weighted by molar-refractivity contribution is 0.393. The Morgan fingerprint density at radius 2 is 1.94 bits per heavy atom. The first kappa shape index (κ1) is 10.7. The fourth-order valence-electron chi connectivity index (χ4n) is 1.99. The molecule has 0 fully saturated rings. The lowest BCUT2D eigenvalue weighted by Crippen LogP contribution is -1.92. The smallest absolute Gasteiger partial charge is 0.141 e. The number of hydrogen-bond acceptors (Lipinski definition) is 3. The van der Waals surface area contributed by atoms with Crippen LogP contribution in [0, 0.1) is 20.8 Å². The fraction of sp³-hybridized carbons (Fsp3) is 0.308. The highest BCUT2D eigenvalue weighted by molar-refractivity contribution is 5.71. The Morgan fingerprint density at radius 1 is 1.19 bits per heavy atom. The summed E-state index contributed by atoms with van der Waals surface area (Å²) in [6, 6.07) is 6.32. The van der Waals surface area contributed by atoms with E-state index >= 15 is 0 Å². The molecule has 0 atom stereocenters. The monoisotopic (exact) mass is 216 g/mol. The summed E-state index contributed by atoms with van der Waals surface area (Å²) < 4.78 is 5.18. The van der Waals surface area contributed by atoms with Crippen LogP contribution in [0.4, 0.5) is 5.69 Å². The molecule has 84 valence electrons. The summed E-state index contributed by atoms with van der Waals surface area (Å²) in [5.41, 5.74) is 5.57. The molecule has 0 aliphatic heterocycles. The van der Waals surface area contributed by atoms with E-state index < -0.39 is 0 Å². The summed E-state index contributed by atoms with van der Waals surface area (Å²) >= 11 is 0. The van der Waals surface area contributed by atoms with Gasteiger partial charge in [-0.1, -0.05) is 11.2 Å². The van der Waals surface area contributed by atoms with E-state index in [0.29, 0.717) is 0 Å². The number of benzene rings is 1. The first-order valence-electron chi connectivity index (χ1n) is 5.35. The van der Waals surface area contributed by atoms with Crippen LogP contribution < -0.4 is 5.32 Å². The zero-order chi connectivity index (χ0) is 11.7. The normalized spacial score (nSPS) is 10.5. The van der Waals surface area contributed by atoms with Crippen LogP contribution in [0.2, 0.25) is 0 Å². The molecule has 1 aromatic heterocycles. The van der Waals surface area contributed by atoms with Crippen LogP contribution in [0.15, 0.2) is 22.7 Å². The number of nitrogens with zero attached hydrogens (tertiary/aromatic N) is 1. The van der Waals surface area contributed by atoms with Crippen molar-refractivity contribution in [1.29, 1.82) is 0 Å². The molecule has 0 amide bonds. The molecule has 2 rings (SSSR count). The van der Waals surface area contributed by atoms with Crippen molar-refractivity contribution >= 4 is 5.69 Å². The molecule has 3 nitrogen and oxygen atoms in total. The van der Waals surface area contributed by atoms with E-state index in [9.17, 15) is 0 Å². The topological polar surface area (TPSA) is 38.1 Å². The largest absolute Gasteiger partial charge is 0.388 e. The molecule has 1 aromatic carbocycles. The third-order valence-corrected chi connectivity index (χ3v) is 2.82. The van der Waals surface area contributed by atoms with Crippen LogP contribution in [0.3, 0.4) is 0 Å². The maximum absolute atomic E-state index is 5.18. The van der Waals surface area contributed by atoms with Crippen molar-refractivity contribution in [3.63, 3.8) is 0 Å². The lowest BCUT2D eigenvalue weighted by atomic mass is 10.0. The van der Waals surface area contributed by atoms with Gasteiger partial charge in [-0.05, 0) is 44.0 Å². The summed E-state index contributed by atoms with van der Waals surface area (Å²) in [6.45, 7) is 6.00. The molecule has 0 aliphatic rings. The van der Waals surface area contributed by atoms with Gasteiger partial charge in [-0.25, -0.2) is 0 Å². The Balaban J connectivity index is 2.53. The van der Waals surface area contributed by atoms with Crippen molar-refractivity contribution < 1.29 is 4.52 Å². The van der Waals surface area contributed by atoms with Gasteiger partial charge in [0.15, 0.2) is 0 Å². The minimum Gasteiger partial charge on any atom is -0.388 e. The van der Waals surface area contributed by atoms with Gasteiger partial charge in [-0.15, -0.1) is 0 Å². The van der Waals surface area contributed by atoms with Gasteiger partial charge in [-0.3, -0.25) is 0 Å². The first-order valence-corrected chi connectivity index (χ1v) is 5.35. The van der Waals surface area contributed by atoms with Crippen LogP contribution in [0.1, 0.15) is 17.0 Å². The van der Waals surface area contributed by atoms with Gasteiger partial charge in [0, 0.05) is 18.3 Å². The number of hydrogen-bond donors (Lipinski definition) is 1.